The van der Waals surface area contributed by atoms with Crippen molar-refractivity contribution in [2.75, 3.05) is 0 Å². The van der Waals surface area contributed by atoms with Gasteiger partial charge in [0.1, 0.15) is 0 Å². The lowest BCUT2D eigenvalue weighted by atomic mass is 10.3. The molecule has 0 unspecified atom stereocenters. The quantitative estimate of drug-likeness (QED) is 0.769. The molecule has 0 saturated heterocycles. The summed E-state index contributed by atoms with van der Waals surface area (Å²) in [5, 5.41) is 3.69. The van der Waals surface area contributed by atoms with Crippen molar-refractivity contribution in [1.29, 1.82) is 0 Å². The van der Waals surface area contributed by atoms with Gasteiger partial charge in [0.05, 0.1) is 0 Å². The summed E-state index contributed by atoms with van der Waals surface area (Å²) in [7, 11) is -3.69. The maximum Gasteiger partial charge on any atom is 0.277 e. The first kappa shape index (κ1) is 13.5. The van der Waals surface area contributed by atoms with Crippen molar-refractivity contribution in [2.24, 2.45) is 0 Å². The molecular formula is C13H13NO4S2. The van der Waals surface area contributed by atoms with Crippen LogP contribution in [0.4, 0.5) is 0 Å². The predicted molar refractivity (Wildman–Crippen MR) is 74.2 cm³/mol. The zero-order valence-electron chi connectivity index (χ0n) is 10.6. The Morgan fingerprint density at radius 2 is 2.15 bits per heavy atom. The zero-order valence-corrected chi connectivity index (χ0v) is 12.2. The summed E-state index contributed by atoms with van der Waals surface area (Å²) in [6.45, 7) is 0.341. The molecule has 1 aliphatic rings. The van der Waals surface area contributed by atoms with E-state index in [4.69, 9.17) is 4.42 Å². The number of sulfonamides is 1. The molecule has 1 aliphatic carbocycles. The van der Waals surface area contributed by atoms with Crippen LogP contribution < -0.4 is 0 Å². The summed E-state index contributed by atoms with van der Waals surface area (Å²) < 4.78 is 31.7. The second-order valence-corrected chi connectivity index (χ2v) is 7.29. The van der Waals surface area contributed by atoms with E-state index in [1.54, 1.807) is 0 Å². The van der Waals surface area contributed by atoms with Crippen molar-refractivity contribution in [1.82, 2.24) is 4.31 Å². The van der Waals surface area contributed by atoms with Gasteiger partial charge >= 0.3 is 0 Å². The number of furan rings is 1. The van der Waals surface area contributed by atoms with Gasteiger partial charge in [0.25, 0.3) is 10.0 Å². The number of nitrogens with zero attached hydrogens (tertiary/aromatic N) is 1. The minimum Gasteiger partial charge on any atom is -0.440 e. The van der Waals surface area contributed by atoms with E-state index >= 15 is 0 Å². The van der Waals surface area contributed by atoms with Crippen LogP contribution >= 0.6 is 11.3 Å². The van der Waals surface area contributed by atoms with Gasteiger partial charge < -0.3 is 4.42 Å². The second-order valence-electron chi connectivity index (χ2n) is 4.69. The summed E-state index contributed by atoms with van der Waals surface area (Å²) in [5.41, 5.74) is 0.965. The molecule has 1 fully saturated rings. The minimum absolute atomic E-state index is 0.0230. The van der Waals surface area contributed by atoms with Gasteiger partial charge in [-0.3, -0.25) is 4.79 Å². The Morgan fingerprint density at radius 1 is 1.35 bits per heavy atom. The number of hydrogen-bond donors (Lipinski definition) is 0. The highest BCUT2D eigenvalue weighted by atomic mass is 32.2. The molecular weight excluding hydrogens is 298 g/mol. The Bertz CT molecular complexity index is 699. The molecule has 2 aromatic heterocycles. The maximum atomic E-state index is 12.6. The average molecular weight is 311 g/mol. The fraction of sp³-hybridized carbons (Fsp3) is 0.308. The van der Waals surface area contributed by atoms with Crippen LogP contribution in [-0.2, 0) is 16.6 Å². The summed E-state index contributed by atoms with van der Waals surface area (Å²) in [5.74, 6) is 0.0230. The van der Waals surface area contributed by atoms with Gasteiger partial charge in [-0.05, 0) is 47.4 Å². The van der Waals surface area contributed by atoms with E-state index in [9.17, 15) is 13.2 Å². The standard InChI is InChI=1S/C13H13NO4S2/c15-8-12-3-4-13(18-12)20(16,17)14(11-1-2-11)7-10-5-6-19-9-10/h3-6,8-9,11H,1-2,7H2. The van der Waals surface area contributed by atoms with Crippen molar-refractivity contribution in [2.45, 2.75) is 30.5 Å². The molecule has 3 rings (SSSR count). The Kier molecular flexibility index (Phi) is 3.49. The van der Waals surface area contributed by atoms with Crippen molar-refractivity contribution in [3.63, 3.8) is 0 Å². The fourth-order valence-corrected chi connectivity index (χ4v) is 4.24. The molecule has 0 radical (unpaired) electrons. The number of carbonyl (C=O) groups excluding carboxylic acids is 1. The molecule has 0 amide bonds. The van der Waals surface area contributed by atoms with Gasteiger partial charge in [-0.2, -0.15) is 15.6 Å². The molecule has 0 N–H and O–H groups in total. The van der Waals surface area contributed by atoms with E-state index < -0.39 is 10.0 Å². The second kappa shape index (κ2) is 5.16. The first-order chi connectivity index (χ1) is 9.61. The SMILES string of the molecule is O=Cc1ccc(S(=O)(=O)N(Cc2ccsc2)C2CC2)o1. The van der Waals surface area contributed by atoms with Gasteiger partial charge in [-0.15, -0.1) is 0 Å². The van der Waals surface area contributed by atoms with Crippen LogP contribution in [0.2, 0.25) is 0 Å². The highest BCUT2D eigenvalue weighted by molar-refractivity contribution is 7.89. The first-order valence-electron chi connectivity index (χ1n) is 6.19. The maximum absolute atomic E-state index is 12.6. The third kappa shape index (κ3) is 2.56. The summed E-state index contributed by atoms with van der Waals surface area (Å²) in [6.07, 6.45) is 2.23. The molecule has 2 aromatic rings. The van der Waals surface area contributed by atoms with Gasteiger partial charge in [-0.25, -0.2) is 8.42 Å². The van der Waals surface area contributed by atoms with E-state index in [0.717, 1.165) is 18.4 Å². The fourth-order valence-electron chi connectivity index (χ4n) is 1.99. The molecule has 5 nitrogen and oxygen atoms in total. The van der Waals surface area contributed by atoms with Gasteiger partial charge in [-0.1, -0.05) is 0 Å². The predicted octanol–water partition coefficient (Wildman–Crippen LogP) is 2.51. The van der Waals surface area contributed by atoms with E-state index in [1.807, 2.05) is 16.8 Å². The zero-order chi connectivity index (χ0) is 14.2. The molecule has 0 bridgehead atoms. The van der Waals surface area contributed by atoms with Crippen molar-refractivity contribution < 1.29 is 17.6 Å². The van der Waals surface area contributed by atoms with Crippen LogP contribution in [0.3, 0.4) is 0 Å². The highest BCUT2D eigenvalue weighted by Gasteiger charge is 2.39. The largest absolute Gasteiger partial charge is 0.440 e. The monoisotopic (exact) mass is 311 g/mol. The topological polar surface area (TPSA) is 67.6 Å². The lowest BCUT2D eigenvalue weighted by molar-refractivity contribution is 0.109. The molecule has 2 heterocycles. The van der Waals surface area contributed by atoms with Crippen LogP contribution in [0.1, 0.15) is 29.0 Å². The number of hydrogen-bond acceptors (Lipinski definition) is 5. The third-order valence-electron chi connectivity index (χ3n) is 3.15. The van der Waals surface area contributed by atoms with E-state index in [0.29, 0.717) is 12.8 Å². The van der Waals surface area contributed by atoms with Gasteiger partial charge in [0, 0.05) is 12.6 Å². The lowest BCUT2D eigenvalue weighted by Crippen LogP contribution is -2.32. The van der Waals surface area contributed by atoms with Crippen LogP contribution in [0.25, 0.3) is 0 Å². The molecule has 0 spiro atoms. The number of aldehydes is 1. The van der Waals surface area contributed by atoms with Crippen LogP contribution in [0, 0.1) is 0 Å². The Labute approximate surface area is 120 Å². The number of rotatable bonds is 6. The molecule has 0 aromatic carbocycles. The summed E-state index contributed by atoms with van der Waals surface area (Å²) in [4.78, 5) is 10.6. The van der Waals surface area contributed by atoms with Gasteiger partial charge in [0.15, 0.2) is 12.0 Å². The summed E-state index contributed by atoms with van der Waals surface area (Å²) >= 11 is 1.54. The smallest absolute Gasteiger partial charge is 0.277 e. The molecule has 0 atom stereocenters. The average Bonchev–Trinajstić information content (AvgIpc) is 2.96. The van der Waals surface area contributed by atoms with Crippen molar-refractivity contribution >= 4 is 27.6 Å². The van der Waals surface area contributed by atoms with E-state index in [1.165, 1.54) is 27.8 Å². The lowest BCUT2D eigenvalue weighted by Gasteiger charge is -2.19. The molecule has 20 heavy (non-hydrogen) atoms. The highest BCUT2D eigenvalue weighted by Crippen LogP contribution is 2.34. The summed E-state index contributed by atoms with van der Waals surface area (Å²) in [6, 6.07) is 4.65. The molecule has 1 saturated carbocycles. The van der Waals surface area contributed by atoms with Crippen LogP contribution in [-0.4, -0.2) is 25.1 Å². The molecule has 106 valence electrons. The van der Waals surface area contributed by atoms with Crippen LogP contribution in [0.5, 0.6) is 0 Å². The van der Waals surface area contributed by atoms with E-state index in [2.05, 4.69) is 0 Å². The van der Waals surface area contributed by atoms with E-state index in [-0.39, 0.29) is 16.9 Å². The minimum atomic E-state index is -3.69. The Hall–Kier alpha value is -1.44. The molecule has 7 heteroatoms. The van der Waals surface area contributed by atoms with Crippen molar-refractivity contribution in [3.05, 3.63) is 40.3 Å². The first-order valence-corrected chi connectivity index (χ1v) is 8.57. The normalized spacial score (nSPS) is 15.7. The number of carbonyl (C=O) groups is 1. The van der Waals surface area contributed by atoms with Crippen LogP contribution in [0.15, 0.2) is 38.5 Å². The molecule has 0 aliphatic heterocycles. The number of thiophene rings is 1. The van der Waals surface area contributed by atoms with Gasteiger partial charge in [0.2, 0.25) is 5.09 Å². The Balaban J connectivity index is 1.91. The third-order valence-corrected chi connectivity index (χ3v) is 5.66. The van der Waals surface area contributed by atoms with Crippen molar-refractivity contribution in [3.8, 4) is 0 Å². The Morgan fingerprint density at radius 3 is 2.70 bits per heavy atom.